The van der Waals surface area contributed by atoms with Gasteiger partial charge < -0.3 is 10.6 Å². The molecule has 4 nitrogen and oxygen atoms in total. The Morgan fingerprint density at radius 1 is 1.33 bits per heavy atom. The van der Waals surface area contributed by atoms with E-state index in [1.54, 1.807) is 12.1 Å². The lowest BCUT2D eigenvalue weighted by atomic mass is 9.84. The minimum atomic E-state index is -0.384. The van der Waals surface area contributed by atoms with Gasteiger partial charge >= 0.3 is 0 Å². The third kappa shape index (κ3) is 4.25. The Morgan fingerprint density at radius 2 is 2.08 bits per heavy atom. The topological polar surface area (TPSA) is 58.2 Å². The largest absolute Gasteiger partial charge is 0.353 e. The lowest BCUT2D eigenvalue weighted by molar-refractivity contribution is -0.124. The number of benzene rings is 1. The summed E-state index contributed by atoms with van der Waals surface area (Å²) in [6, 6.07) is 5.69. The van der Waals surface area contributed by atoms with E-state index in [9.17, 15) is 9.59 Å². The van der Waals surface area contributed by atoms with Crippen molar-refractivity contribution in [2.75, 3.05) is 5.32 Å². The molecular weight excluding hydrogens is 344 g/mol. The normalized spacial score (nSPS) is 26.4. The minimum absolute atomic E-state index is 0.0278. The summed E-state index contributed by atoms with van der Waals surface area (Å²) in [6.45, 7) is 2.23. The number of anilines is 1. The van der Waals surface area contributed by atoms with Crippen LogP contribution in [0.15, 0.2) is 23.1 Å². The van der Waals surface area contributed by atoms with Crippen LogP contribution in [0.3, 0.4) is 0 Å². The molecule has 130 valence electrons. The molecule has 1 saturated carbocycles. The van der Waals surface area contributed by atoms with Crippen molar-refractivity contribution in [1.29, 1.82) is 0 Å². The zero-order valence-corrected chi connectivity index (χ0v) is 15.4. The molecule has 1 atom stereocenters. The molecule has 1 aliphatic carbocycles. The van der Waals surface area contributed by atoms with Crippen LogP contribution in [0.25, 0.3) is 0 Å². The summed E-state index contributed by atoms with van der Waals surface area (Å²) in [7, 11) is 0. The van der Waals surface area contributed by atoms with Gasteiger partial charge in [0.1, 0.15) is 0 Å². The number of nitrogens with one attached hydrogen (secondary N) is 2. The van der Waals surface area contributed by atoms with Crippen molar-refractivity contribution < 1.29 is 9.59 Å². The van der Waals surface area contributed by atoms with Crippen LogP contribution in [0.2, 0.25) is 5.02 Å². The summed E-state index contributed by atoms with van der Waals surface area (Å²) < 4.78 is 0. The Kier molecular flexibility index (Phi) is 5.72. The molecule has 2 aliphatic rings. The highest BCUT2D eigenvalue weighted by molar-refractivity contribution is 8.01. The van der Waals surface area contributed by atoms with Crippen molar-refractivity contribution in [3.05, 3.63) is 23.2 Å². The summed E-state index contributed by atoms with van der Waals surface area (Å²) in [5.41, 5.74) is 0.729. The first kappa shape index (κ1) is 17.6. The quantitative estimate of drug-likeness (QED) is 0.838. The van der Waals surface area contributed by atoms with E-state index in [0.717, 1.165) is 29.3 Å². The number of carbonyl (C=O) groups is 2. The maximum atomic E-state index is 12.3. The zero-order valence-electron chi connectivity index (χ0n) is 13.8. The molecule has 0 saturated heterocycles. The second-order valence-corrected chi connectivity index (χ2v) is 8.31. The van der Waals surface area contributed by atoms with Crippen molar-refractivity contribution in [2.45, 2.75) is 61.6 Å². The van der Waals surface area contributed by atoms with E-state index in [4.69, 9.17) is 11.6 Å². The third-order valence-corrected chi connectivity index (χ3v) is 6.43. The molecule has 3 rings (SSSR count). The predicted octanol–water partition coefficient (Wildman–Crippen LogP) is 4.23. The average Bonchev–Trinajstić information content (AvgIpc) is 2.56. The molecule has 24 heavy (non-hydrogen) atoms. The maximum absolute atomic E-state index is 12.3. The van der Waals surface area contributed by atoms with Gasteiger partial charge in [-0.2, -0.15) is 0 Å². The Bertz CT molecular complexity index is 629. The fourth-order valence-corrected chi connectivity index (χ4v) is 4.69. The van der Waals surface area contributed by atoms with Crippen LogP contribution >= 0.6 is 23.4 Å². The van der Waals surface area contributed by atoms with Crippen molar-refractivity contribution in [3.63, 3.8) is 0 Å². The Balaban J connectivity index is 1.53. The second kappa shape index (κ2) is 7.79. The highest BCUT2D eigenvalue weighted by atomic mass is 35.5. The first-order valence-corrected chi connectivity index (χ1v) is 9.87. The zero-order chi connectivity index (χ0) is 17.1. The van der Waals surface area contributed by atoms with E-state index in [1.807, 2.05) is 6.07 Å². The average molecular weight is 367 g/mol. The van der Waals surface area contributed by atoms with Crippen LogP contribution in [0.5, 0.6) is 0 Å². The third-order valence-electron chi connectivity index (χ3n) is 4.92. The van der Waals surface area contributed by atoms with E-state index < -0.39 is 0 Å². The molecule has 1 fully saturated rings. The number of hydrogen-bond acceptors (Lipinski definition) is 3. The second-order valence-electron chi connectivity index (χ2n) is 6.63. The molecule has 2 amide bonds. The molecule has 0 aromatic heterocycles. The van der Waals surface area contributed by atoms with Crippen molar-refractivity contribution >= 4 is 40.9 Å². The number of thioether (sulfide) groups is 1. The Hall–Kier alpha value is -1.20. The fourth-order valence-electron chi connectivity index (χ4n) is 3.43. The number of rotatable bonds is 4. The number of fused-ring (bicyclic) bond motifs is 1. The SMILES string of the molecule is CCC1CCC(NC(=O)CC2Sc3ccc(Cl)cc3NC2=O)CC1. The van der Waals surface area contributed by atoms with Crippen molar-refractivity contribution in [2.24, 2.45) is 5.92 Å². The predicted molar refractivity (Wildman–Crippen MR) is 98.5 cm³/mol. The monoisotopic (exact) mass is 366 g/mol. The first-order chi connectivity index (χ1) is 11.5. The van der Waals surface area contributed by atoms with Gasteiger partial charge in [-0.3, -0.25) is 9.59 Å². The Morgan fingerprint density at radius 3 is 2.79 bits per heavy atom. The van der Waals surface area contributed by atoms with Crippen molar-refractivity contribution in [3.8, 4) is 0 Å². The minimum Gasteiger partial charge on any atom is -0.353 e. The molecule has 6 heteroatoms. The summed E-state index contributed by atoms with van der Waals surface area (Å²) in [4.78, 5) is 25.5. The summed E-state index contributed by atoms with van der Waals surface area (Å²) >= 11 is 7.39. The molecule has 0 bridgehead atoms. The molecule has 1 unspecified atom stereocenters. The molecule has 1 heterocycles. The van der Waals surface area contributed by atoms with Gasteiger partial charge in [0.05, 0.1) is 10.9 Å². The van der Waals surface area contributed by atoms with Crippen LogP contribution in [-0.4, -0.2) is 23.1 Å². The lowest BCUT2D eigenvalue weighted by Gasteiger charge is -2.29. The Labute approximate surface area is 152 Å². The standard InChI is InChI=1S/C18H23ClN2O2S/c1-2-11-3-6-13(7-4-11)20-17(22)10-16-18(23)21-14-9-12(19)5-8-15(14)24-16/h5,8-9,11,13,16H,2-4,6-7,10H2,1H3,(H,20,22)(H,21,23). The molecular formula is C18H23ClN2O2S. The lowest BCUT2D eigenvalue weighted by Crippen LogP contribution is -2.40. The van der Waals surface area contributed by atoms with E-state index in [1.165, 1.54) is 31.0 Å². The first-order valence-electron chi connectivity index (χ1n) is 8.61. The van der Waals surface area contributed by atoms with Crippen LogP contribution in [0, 0.1) is 5.92 Å². The van der Waals surface area contributed by atoms with Gasteiger partial charge in [-0.1, -0.05) is 24.9 Å². The highest BCUT2D eigenvalue weighted by Crippen LogP contribution is 2.38. The van der Waals surface area contributed by atoms with Crippen molar-refractivity contribution in [1.82, 2.24) is 5.32 Å². The van der Waals surface area contributed by atoms with Crippen LogP contribution < -0.4 is 10.6 Å². The van der Waals surface area contributed by atoms with E-state index in [0.29, 0.717) is 5.02 Å². The number of carbonyl (C=O) groups excluding carboxylic acids is 2. The summed E-state index contributed by atoms with van der Waals surface area (Å²) in [6.07, 6.45) is 5.92. The van der Waals surface area contributed by atoms with Gasteiger partial charge in [-0.25, -0.2) is 0 Å². The smallest absolute Gasteiger partial charge is 0.238 e. The molecule has 1 aliphatic heterocycles. The van der Waals surface area contributed by atoms with Crippen LogP contribution in [-0.2, 0) is 9.59 Å². The number of hydrogen-bond donors (Lipinski definition) is 2. The van der Waals surface area contributed by atoms with E-state index in [-0.39, 0.29) is 29.5 Å². The van der Waals surface area contributed by atoms with Gasteiger partial charge in [0, 0.05) is 22.4 Å². The van der Waals surface area contributed by atoms with Gasteiger partial charge in [0.15, 0.2) is 0 Å². The fraction of sp³-hybridized carbons (Fsp3) is 0.556. The van der Waals surface area contributed by atoms with Gasteiger partial charge in [0.2, 0.25) is 11.8 Å². The van der Waals surface area contributed by atoms with Crippen LogP contribution in [0.1, 0.15) is 45.4 Å². The molecule has 2 N–H and O–H groups in total. The molecule has 0 spiro atoms. The maximum Gasteiger partial charge on any atom is 0.238 e. The number of halogens is 1. The van der Waals surface area contributed by atoms with E-state index in [2.05, 4.69) is 17.6 Å². The highest BCUT2D eigenvalue weighted by Gasteiger charge is 2.30. The van der Waals surface area contributed by atoms with Gasteiger partial charge in [-0.05, 0) is 49.8 Å². The molecule has 1 aromatic rings. The summed E-state index contributed by atoms with van der Waals surface area (Å²) in [5, 5.41) is 6.17. The van der Waals surface area contributed by atoms with Gasteiger partial charge in [-0.15, -0.1) is 11.8 Å². The van der Waals surface area contributed by atoms with Crippen LogP contribution in [0.4, 0.5) is 5.69 Å². The summed E-state index contributed by atoms with van der Waals surface area (Å²) in [5.74, 6) is 0.653. The van der Waals surface area contributed by atoms with Gasteiger partial charge in [0.25, 0.3) is 0 Å². The number of amides is 2. The molecule has 1 aromatic carbocycles. The molecule has 0 radical (unpaired) electrons. The van der Waals surface area contributed by atoms with E-state index >= 15 is 0 Å².